The largest absolute Gasteiger partial charge is 0.394 e. The molecule has 1 aliphatic heterocycles. The van der Waals surface area contributed by atoms with Gasteiger partial charge in [-0.25, -0.2) is 9.97 Å². The van der Waals surface area contributed by atoms with Gasteiger partial charge in [-0.15, -0.1) is 0 Å². The average molecular weight is 286 g/mol. The summed E-state index contributed by atoms with van der Waals surface area (Å²) in [6.45, 7) is 1.12. The van der Waals surface area contributed by atoms with E-state index in [1.807, 2.05) is 0 Å². The second kappa shape index (κ2) is 5.59. The molecule has 88 valence electrons. The van der Waals surface area contributed by atoms with E-state index < -0.39 is 0 Å². The second-order valence-electron chi connectivity index (χ2n) is 4.08. The molecule has 0 spiro atoms. The van der Waals surface area contributed by atoms with Crippen molar-refractivity contribution in [3.05, 3.63) is 16.9 Å². The monoisotopic (exact) mass is 285 g/mol. The Kier molecular flexibility index (Phi) is 4.12. The van der Waals surface area contributed by atoms with Crippen molar-refractivity contribution >= 4 is 21.9 Å². The highest BCUT2D eigenvalue weighted by atomic mass is 79.9. The highest BCUT2D eigenvalue weighted by Crippen LogP contribution is 2.21. The summed E-state index contributed by atoms with van der Waals surface area (Å²) >= 11 is 3.32. The summed E-state index contributed by atoms with van der Waals surface area (Å²) in [5.41, 5.74) is 0. The Balaban J connectivity index is 2.18. The first-order valence-electron chi connectivity index (χ1n) is 5.66. The quantitative estimate of drug-likeness (QED) is 0.903. The molecule has 0 amide bonds. The summed E-state index contributed by atoms with van der Waals surface area (Å²) in [6.07, 6.45) is 8.08. The van der Waals surface area contributed by atoms with Gasteiger partial charge in [-0.3, -0.25) is 0 Å². The summed E-state index contributed by atoms with van der Waals surface area (Å²) in [4.78, 5) is 10.7. The van der Waals surface area contributed by atoms with Crippen LogP contribution in [-0.2, 0) is 0 Å². The lowest BCUT2D eigenvalue weighted by Crippen LogP contribution is -2.38. The maximum Gasteiger partial charge on any atom is 0.225 e. The fraction of sp³-hybridized carbons (Fsp3) is 0.636. The molecule has 2 rings (SSSR count). The molecule has 1 unspecified atom stereocenters. The van der Waals surface area contributed by atoms with Gasteiger partial charge in [-0.05, 0) is 28.8 Å². The van der Waals surface area contributed by atoms with Gasteiger partial charge in [0.25, 0.3) is 0 Å². The fourth-order valence-electron chi connectivity index (χ4n) is 2.08. The molecule has 16 heavy (non-hydrogen) atoms. The van der Waals surface area contributed by atoms with E-state index in [1.54, 1.807) is 12.4 Å². The van der Waals surface area contributed by atoms with Gasteiger partial charge in [0, 0.05) is 18.9 Å². The Morgan fingerprint density at radius 2 is 2.06 bits per heavy atom. The smallest absolute Gasteiger partial charge is 0.225 e. The zero-order valence-corrected chi connectivity index (χ0v) is 10.7. The zero-order chi connectivity index (χ0) is 11.4. The molecule has 4 nitrogen and oxygen atoms in total. The summed E-state index contributed by atoms with van der Waals surface area (Å²) in [6, 6.07) is 0.170. The van der Waals surface area contributed by atoms with E-state index in [9.17, 15) is 5.11 Å². The van der Waals surface area contributed by atoms with Gasteiger partial charge in [0.1, 0.15) is 0 Å². The molecule has 1 fully saturated rings. The van der Waals surface area contributed by atoms with Crippen LogP contribution in [0.3, 0.4) is 0 Å². The van der Waals surface area contributed by atoms with Crippen molar-refractivity contribution in [3.8, 4) is 0 Å². The first-order chi connectivity index (χ1) is 7.81. The molecule has 0 radical (unpaired) electrons. The maximum atomic E-state index is 9.40. The van der Waals surface area contributed by atoms with Crippen LogP contribution in [0.5, 0.6) is 0 Å². The molecule has 0 bridgehead atoms. The van der Waals surface area contributed by atoms with Gasteiger partial charge in [-0.1, -0.05) is 12.8 Å². The van der Waals surface area contributed by atoms with Crippen LogP contribution in [0, 0.1) is 0 Å². The number of hydrogen-bond donors (Lipinski definition) is 1. The lowest BCUT2D eigenvalue weighted by molar-refractivity contribution is 0.254. The van der Waals surface area contributed by atoms with Crippen LogP contribution in [-0.4, -0.2) is 34.3 Å². The Bertz CT molecular complexity index is 331. The molecule has 1 atom stereocenters. The Hall–Kier alpha value is -0.680. The summed E-state index contributed by atoms with van der Waals surface area (Å²) < 4.78 is 0.881. The molecule has 0 aliphatic carbocycles. The van der Waals surface area contributed by atoms with Crippen molar-refractivity contribution in [1.82, 2.24) is 9.97 Å². The van der Waals surface area contributed by atoms with E-state index in [-0.39, 0.29) is 12.6 Å². The zero-order valence-electron chi connectivity index (χ0n) is 9.14. The fourth-order valence-corrected chi connectivity index (χ4v) is 2.29. The number of aliphatic hydroxyl groups excluding tert-OH is 1. The van der Waals surface area contributed by atoms with Crippen molar-refractivity contribution < 1.29 is 5.11 Å². The first-order valence-corrected chi connectivity index (χ1v) is 6.45. The van der Waals surface area contributed by atoms with Crippen molar-refractivity contribution in [3.63, 3.8) is 0 Å². The predicted molar refractivity (Wildman–Crippen MR) is 66.4 cm³/mol. The van der Waals surface area contributed by atoms with Gasteiger partial charge in [0.15, 0.2) is 0 Å². The van der Waals surface area contributed by atoms with E-state index in [4.69, 9.17) is 0 Å². The van der Waals surface area contributed by atoms with E-state index in [0.717, 1.165) is 29.8 Å². The van der Waals surface area contributed by atoms with Crippen molar-refractivity contribution in [1.29, 1.82) is 0 Å². The molecular weight excluding hydrogens is 270 g/mol. The lowest BCUT2D eigenvalue weighted by Gasteiger charge is -2.28. The highest BCUT2D eigenvalue weighted by Gasteiger charge is 2.22. The van der Waals surface area contributed by atoms with Crippen molar-refractivity contribution in [2.45, 2.75) is 31.7 Å². The Morgan fingerprint density at radius 1 is 1.31 bits per heavy atom. The Morgan fingerprint density at radius 3 is 2.75 bits per heavy atom. The molecule has 1 aliphatic rings. The van der Waals surface area contributed by atoms with E-state index in [1.165, 1.54) is 12.8 Å². The molecular formula is C11H16BrN3O. The number of halogens is 1. The topological polar surface area (TPSA) is 49.2 Å². The molecule has 1 aromatic heterocycles. The minimum Gasteiger partial charge on any atom is -0.394 e. The van der Waals surface area contributed by atoms with E-state index in [0.29, 0.717) is 0 Å². The third-order valence-electron chi connectivity index (χ3n) is 2.95. The van der Waals surface area contributed by atoms with Crippen molar-refractivity contribution in [2.24, 2.45) is 0 Å². The third kappa shape index (κ3) is 2.71. The minimum atomic E-state index is 0.170. The number of aliphatic hydroxyl groups is 1. The highest BCUT2D eigenvalue weighted by molar-refractivity contribution is 9.10. The van der Waals surface area contributed by atoms with Crippen LogP contribution >= 0.6 is 15.9 Å². The number of nitrogens with zero attached hydrogens (tertiary/aromatic N) is 3. The average Bonchev–Trinajstić information content (AvgIpc) is 2.55. The molecule has 1 aromatic rings. The van der Waals surface area contributed by atoms with E-state index in [2.05, 4.69) is 30.8 Å². The van der Waals surface area contributed by atoms with Crippen LogP contribution in [0.4, 0.5) is 5.95 Å². The summed E-state index contributed by atoms with van der Waals surface area (Å²) in [5, 5.41) is 9.40. The number of hydrogen-bond acceptors (Lipinski definition) is 4. The normalized spacial score (nSPS) is 21.9. The second-order valence-corrected chi connectivity index (χ2v) is 5.00. The maximum absolute atomic E-state index is 9.40. The minimum absolute atomic E-state index is 0.170. The molecule has 5 heteroatoms. The third-order valence-corrected chi connectivity index (χ3v) is 3.36. The summed E-state index contributed by atoms with van der Waals surface area (Å²) in [7, 11) is 0. The van der Waals surface area contributed by atoms with Crippen LogP contribution < -0.4 is 4.90 Å². The van der Waals surface area contributed by atoms with Gasteiger partial charge >= 0.3 is 0 Å². The van der Waals surface area contributed by atoms with Crippen LogP contribution in [0.1, 0.15) is 25.7 Å². The van der Waals surface area contributed by atoms with Crippen LogP contribution in [0.15, 0.2) is 16.9 Å². The molecule has 0 aromatic carbocycles. The predicted octanol–water partition coefficient (Wildman–Crippen LogP) is 1.98. The molecule has 2 heterocycles. The Labute approximate surface area is 104 Å². The van der Waals surface area contributed by atoms with Gasteiger partial charge in [0.05, 0.1) is 17.1 Å². The summed E-state index contributed by atoms with van der Waals surface area (Å²) in [5.74, 6) is 0.726. The lowest BCUT2D eigenvalue weighted by atomic mass is 10.1. The van der Waals surface area contributed by atoms with Gasteiger partial charge < -0.3 is 10.0 Å². The number of anilines is 1. The standard InChI is InChI=1S/C11H16BrN3O/c12-9-6-13-11(14-7-9)15-5-3-1-2-4-10(15)8-16/h6-7,10,16H,1-5,8H2. The molecule has 0 saturated carbocycles. The molecule has 1 saturated heterocycles. The van der Waals surface area contributed by atoms with E-state index >= 15 is 0 Å². The number of rotatable bonds is 2. The first kappa shape index (κ1) is 11.8. The molecule has 1 N–H and O–H groups in total. The van der Waals surface area contributed by atoms with Gasteiger partial charge in [0.2, 0.25) is 5.95 Å². The van der Waals surface area contributed by atoms with Crippen molar-refractivity contribution in [2.75, 3.05) is 18.1 Å². The van der Waals surface area contributed by atoms with Crippen LogP contribution in [0.2, 0.25) is 0 Å². The van der Waals surface area contributed by atoms with Gasteiger partial charge in [-0.2, -0.15) is 0 Å². The SMILES string of the molecule is OCC1CCCCCN1c1ncc(Br)cn1. The van der Waals surface area contributed by atoms with Crippen LogP contribution in [0.25, 0.3) is 0 Å². The number of aromatic nitrogens is 2.